The highest BCUT2D eigenvalue weighted by Gasteiger charge is 2.32. The number of morpholine rings is 1. The molecule has 0 saturated carbocycles. The van der Waals surface area contributed by atoms with Gasteiger partial charge in [0, 0.05) is 18.8 Å². The number of esters is 2. The molecule has 4 rings (SSSR count). The molecule has 1 aromatic heterocycles. The van der Waals surface area contributed by atoms with Gasteiger partial charge in [-0.25, -0.2) is 14.6 Å². The lowest BCUT2D eigenvalue weighted by molar-refractivity contribution is -0.140. The van der Waals surface area contributed by atoms with Crippen molar-refractivity contribution in [2.24, 2.45) is 0 Å². The van der Waals surface area contributed by atoms with Gasteiger partial charge in [-0.05, 0) is 18.2 Å². The van der Waals surface area contributed by atoms with Crippen molar-refractivity contribution >= 4 is 44.3 Å². The van der Waals surface area contributed by atoms with E-state index >= 15 is 0 Å². The van der Waals surface area contributed by atoms with E-state index in [1.807, 2.05) is 18.2 Å². The quantitative estimate of drug-likeness (QED) is 0.684. The molecule has 0 amide bonds. The molecule has 10 heteroatoms. The highest BCUT2D eigenvalue weighted by atomic mass is 32.1. The third kappa shape index (κ3) is 3.78. The second-order valence-electron chi connectivity index (χ2n) is 6.46. The molecular formula is C19H21N3O6S. The fourth-order valence-corrected chi connectivity index (χ4v) is 4.36. The van der Waals surface area contributed by atoms with Crippen LogP contribution in [0.3, 0.4) is 0 Å². The van der Waals surface area contributed by atoms with E-state index in [-0.39, 0.29) is 24.6 Å². The van der Waals surface area contributed by atoms with Gasteiger partial charge < -0.3 is 28.7 Å². The van der Waals surface area contributed by atoms with Crippen molar-refractivity contribution in [1.29, 1.82) is 0 Å². The first-order valence-corrected chi connectivity index (χ1v) is 9.92. The maximum atomic E-state index is 12.4. The lowest BCUT2D eigenvalue weighted by Crippen LogP contribution is -2.38. The molecule has 2 aliphatic heterocycles. The molecule has 0 spiro atoms. The van der Waals surface area contributed by atoms with Crippen LogP contribution in [0, 0.1) is 0 Å². The average molecular weight is 419 g/mol. The number of methoxy groups -OCH3 is 2. The van der Waals surface area contributed by atoms with E-state index < -0.39 is 11.9 Å². The molecule has 29 heavy (non-hydrogen) atoms. The van der Waals surface area contributed by atoms with E-state index in [1.54, 1.807) is 16.2 Å². The van der Waals surface area contributed by atoms with Crippen LogP contribution >= 0.6 is 11.3 Å². The number of hydrogen-bond donors (Lipinski definition) is 0. The van der Waals surface area contributed by atoms with Crippen molar-refractivity contribution in [3.05, 3.63) is 29.5 Å². The summed E-state index contributed by atoms with van der Waals surface area (Å²) in [7, 11) is 2.54. The van der Waals surface area contributed by atoms with Gasteiger partial charge in [0.2, 0.25) is 0 Å². The number of anilines is 2. The number of thiazole rings is 1. The largest absolute Gasteiger partial charge is 0.466 e. The van der Waals surface area contributed by atoms with Crippen molar-refractivity contribution in [3.8, 4) is 0 Å². The monoisotopic (exact) mass is 419 g/mol. The Hall–Kier alpha value is -2.69. The number of fused-ring (bicyclic) bond motifs is 1. The SMILES string of the molecule is COC(=O)C1=C(C(=O)OC)N(c2ccc3nc(N4CCOCC4)sc3c2)COC1. The molecular weight excluding hydrogens is 398 g/mol. The predicted molar refractivity (Wildman–Crippen MR) is 107 cm³/mol. The molecule has 2 aromatic rings. The molecule has 0 bridgehead atoms. The van der Waals surface area contributed by atoms with E-state index in [0.29, 0.717) is 18.9 Å². The minimum atomic E-state index is -0.622. The number of carbonyl (C=O) groups is 2. The molecule has 0 aliphatic carbocycles. The Morgan fingerprint density at radius 1 is 1.10 bits per heavy atom. The second-order valence-corrected chi connectivity index (χ2v) is 7.47. The number of ether oxygens (including phenoxy) is 4. The summed E-state index contributed by atoms with van der Waals surface area (Å²) < 4.78 is 21.6. The van der Waals surface area contributed by atoms with Crippen LogP contribution in [0.15, 0.2) is 29.5 Å². The van der Waals surface area contributed by atoms with Crippen LogP contribution < -0.4 is 9.80 Å². The van der Waals surface area contributed by atoms with E-state index in [9.17, 15) is 9.59 Å². The zero-order valence-electron chi connectivity index (χ0n) is 16.2. The molecule has 3 heterocycles. The van der Waals surface area contributed by atoms with Crippen molar-refractivity contribution in [3.63, 3.8) is 0 Å². The summed E-state index contributed by atoms with van der Waals surface area (Å²) in [5.74, 6) is -1.24. The molecule has 1 aromatic carbocycles. The number of aromatic nitrogens is 1. The summed E-state index contributed by atoms with van der Waals surface area (Å²) >= 11 is 1.58. The highest BCUT2D eigenvalue weighted by Crippen LogP contribution is 2.34. The van der Waals surface area contributed by atoms with Crippen molar-refractivity contribution in [1.82, 2.24) is 4.98 Å². The molecule has 0 unspecified atom stereocenters. The average Bonchev–Trinajstić information content (AvgIpc) is 3.21. The van der Waals surface area contributed by atoms with Crippen molar-refractivity contribution < 1.29 is 28.5 Å². The number of rotatable bonds is 4. The maximum absolute atomic E-state index is 12.4. The number of hydrogen-bond acceptors (Lipinski definition) is 10. The van der Waals surface area contributed by atoms with Crippen LogP contribution in [0.25, 0.3) is 10.2 Å². The lowest BCUT2D eigenvalue weighted by Gasteiger charge is -2.31. The minimum Gasteiger partial charge on any atom is -0.466 e. The van der Waals surface area contributed by atoms with Gasteiger partial charge in [0.1, 0.15) is 12.4 Å². The molecule has 0 N–H and O–H groups in total. The highest BCUT2D eigenvalue weighted by molar-refractivity contribution is 7.22. The van der Waals surface area contributed by atoms with Crippen LogP contribution in [-0.4, -0.2) is 70.8 Å². The van der Waals surface area contributed by atoms with Gasteiger partial charge in [0.15, 0.2) is 5.13 Å². The normalized spacial score (nSPS) is 17.6. The second kappa shape index (κ2) is 8.36. The maximum Gasteiger partial charge on any atom is 0.355 e. The number of nitrogens with zero attached hydrogens (tertiary/aromatic N) is 3. The Morgan fingerprint density at radius 2 is 1.86 bits per heavy atom. The van der Waals surface area contributed by atoms with Crippen LogP contribution in [0.2, 0.25) is 0 Å². The summed E-state index contributed by atoms with van der Waals surface area (Å²) in [6.45, 7) is 3.10. The number of carbonyl (C=O) groups excluding carboxylic acids is 2. The Kier molecular flexibility index (Phi) is 5.65. The van der Waals surface area contributed by atoms with Crippen molar-refractivity contribution in [2.45, 2.75) is 0 Å². The molecule has 1 fully saturated rings. The smallest absolute Gasteiger partial charge is 0.355 e. The topological polar surface area (TPSA) is 90.4 Å². The predicted octanol–water partition coefficient (Wildman–Crippen LogP) is 1.53. The summed E-state index contributed by atoms with van der Waals surface area (Å²) in [6.07, 6.45) is 0. The first-order chi connectivity index (χ1) is 14.1. The zero-order valence-corrected chi connectivity index (χ0v) is 17.0. The summed E-state index contributed by atoms with van der Waals surface area (Å²) in [6, 6.07) is 5.67. The first kappa shape index (κ1) is 19.6. The van der Waals surface area contributed by atoms with Crippen LogP contribution in [0.5, 0.6) is 0 Å². The van der Waals surface area contributed by atoms with E-state index in [2.05, 4.69) is 4.90 Å². The third-order valence-corrected chi connectivity index (χ3v) is 5.87. The molecule has 9 nitrogen and oxygen atoms in total. The van der Waals surface area contributed by atoms with Gasteiger partial charge in [0.25, 0.3) is 0 Å². The van der Waals surface area contributed by atoms with Gasteiger partial charge in [-0.2, -0.15) is 0 Å². The molecule has 1 saturated heterocycles. The minimum absolute atomic E-state index is 0.0163. The van der Waals surface area contributed by atoms with Gasteiger partial charge in [-0.1, -0.05) is 11.3 Å². The van der Waals surface area contributed by atoms with Gasteiger partial charge in [0.05, 0.1) is 49.8 Å². The van der Waals surface area contributed by atoms with E-state index in [4.69, 9.17) is 23.9 Å². The van der Waals surface area contributed by atoms with E-state index in [0.717, 1.165) is 28.4 Å². The van der Waals surface area contributed by atoms with Gasteiger partial charge in [-0.15, -0.1) is 0 Å². The fourth-order valence-electron chi connectivity index (χ4n) is 3.31. The standard InChI is InChI=1S/C19H21N3O6S/c1-25-17(23)13-10-28-11-22(16(13)18(24)26-2)12-3-4-14-15(9-12)29-19(20-14)21-5-7-27-8-6-21/h3-4,9H,5-8,10-11H2,1-2H3. The van der Waals surface area contributed by atoms with Gasteiger partial charge >= 0.3 is 11.9 Å². The summed E-state index contributed by atoms with van der Waals surface area (Å²) in [4.78, 5) is 33.1. The third-order valence-electron chi connectivity index (χ3n) is 4.79. The Labute approximate surface area is 171 Å². The van der Waals surface area contributed by atoms with E-state index in [1.165, 1.54) is 14.2 Å². The lowest BCUT2D eigenvalue weighted by atomic mass is 10.1. The molecule has 154 valence electrons. The fraction of sp³-hybridized carbons (Fsp3) is 0.421. The summed E-state index contributed by atoms with van der Waals surface area (Å²) in [5, 5.41) is 0.939. The van der Waals surface area contributed by atoms with Crippen LogP contribution in [-0.2, 0) is 28.5 Å². The van der Waals surface area contributed by atoms with Crippen LogP contribution in [0.4, 0.5) is 10.8 Å². The van der Waals surface area contributed by atoms with Crippen molar-refractivity contribution in [2.75, 3.05) is 63.7 Å². The Balaban J connectivity index is 1.72. The molecule has 2 aliphatic rings. The summed E-state index contributed by atoms with van der Waals surface area (Å²) in [5.41, 5.74) is 1.83. The first-order valence-electron chi connectivity index (χ1n) is 9.10. The number of benzene rings is 1. The molecule has 0 radical (unpaired) electrons. The van der Waals surface area contributed by atoms with Crippen LogP contribution in [0.1, 0.15) is 0 Å². The molecule has 0 atom stereocenters. The Morgan fingerprint density at radius 3 is 2.59 bits per heavy atom. The van der Waals surface area contributed by atoms with Gasteiger partial charge in [-0.3, -0.25) is 0 Å². The zero-order chi connectivity index (χ0) is 20.4. The Bertz CT molecular complexity index is 966.